The van der Waals surface area contributed by atoms with Gasteiger partial charge in [-0.2, -0.15) is 0 Å². The predicted octanol–water partition coefficient (Wildman–Crippen LogP) is 4.09. The van der Waals surface area contributed by atoms with Crippen LogP contribution in [0.4, 0.5) is 5.13 Å². The van der Waals surface area contributed by atoms with Gasteiger partial charge in [-0.05, 0) is 43.4 Å². The highest BCUT2D eigenvalue weighted by molar-refractivity contribution is 7.15. The van der Waals surface area contributed by atoms with E-state index < -0.39 is 0 Å². The molecule has 0 unspecified atom stereocenters. The van der Waals surface area contributed by atoms with Gasteiger partial charge in [0.05, 0.1) is 0 Å². The number of hydrogen-bond acceptors (Lipinski definition) is 6. The molecule has 0 amide bonds. The number of halogens is 1. The Bertz CT molecular complexity index is 908. The third-order valence-electron chi connectivity index (χ3n) is 5.40. The van der Waals surface area contributed by atoms with Gasteiger partial charge in [0.25, 0.3) is 0 Å². The molecule has 0 bridgehead atoms. The topological polar surface area (TPSA) is 59.7 Å². The predicted molar refractivity (Wildman–Crippen MR) is 107 cm³/mol. The standard InChI is InChI=1S/C19H21ClN6S/c20-15-3-1-13(2-4-15)11-17-22-24-19(27-17)25-9-7-14(8-10-25)18-23-21-12-26(18)16-5-6-16/h1-4,12,14,16H,5-11H2. The van der Waals surface area contributed by atoms with Crippen LogP contribution in [0.1, 0.15) is 54.0 Å². The Balaban J connectivity index is 1.21. The van der Waals surface area contributed by atoms with Crippen LogP contribution in [0.15, 0.2) is 30.6 Å². The van der Waals surface area contributed by atoms with E-state index in [0.29, 0.717) is 12.0 Å². The van der Waals surface area contributed by atoms with Crippen molar-refractivity contribution >= 4 is 28.1 Å². The van der Waals surface area contributed by atoms with E-state index in [9.17, 15) is 0 Å². The van der Waals surface area contributed by atoms with Crippen LogP contribution in [0.25, 0.3) is 0 Å². The van der Waals surface area contributed by atoms with Gasteiger partial charge >= 0.3 is 0 Å². The van der Waals surface area contributed by atoms with Crippen molar-refractivity contribution in [3.05, 3.63) is 52.0 Å². The lowest BCUT2D eigenvalue weighted by atomic mass is 9.96. The normalized spacial score (nSPS) is 18.2. The number of aromatic nitrogens is 5. The van der Waals surface area contributed by atoms with Crippen molar-refractivity contribution in [1.82, 2.24) is 25.0 Å². The quantitative estimate of drug-likeness (QED) is 0.645. The van der Waals surface area contributed by atoms with Crippen LogP contribution in [0.2, 0.25) is 5.02 Å². The monoisotopic (exact) mass is 400 g/mol. The lowest BCUT2D eigenvalue weighted by Crippen LogP contribution is -2.33. The van der Waals surface area contributed by atoms with E-state index in [4.69, 9.17) is 11.6 Å². The summed E-state index contributed by atoms with van der Waals surface area (Å²) in [6, 6.07) is 8.58. The van der Waals surface area contributed by atoms with Crippen molar-refractivity contribution < 1.29 is 0 Å². The van der Waals surface area contributed by atoms with Gasteiger partial charge in [-0.1, -0.05) is 35.1 Å². The molecule has 27 heavy (non-hydrogen) atoms. The number of nitrogens with zero attached hydrogens (tertiary/aromatic N) is 6. The number of anilines is 1. The molecule has 2 fully saturated rings. The van der Waals surface area contributed by atoms with Gasteiger partial charge in [0.2, 0.25) is 5.13 Å². The van der Waals surface area contributed by atoms with E-state index >= 15 is 0 Å². The molecule has 1 saturated carbocycles. The maximum atomic E-state index is 5.96. The van der Waals surface area contributed by atoms with Crippen molar-refractivity contribution in [2.45, 2.75) is 44.1 Å². The van der Waals surface area contributed by atoms with Crippen LogP contribution in [0.5, 0.6) is 0 Å². The summed E-state index contributed by atoms with van der Waals surface area (Å²) in [6.07, 6.45) is 7.44. The molecule has 0 radical (unpaired) electrons. The summed E-state index contributed by atoms with van der Waals surface area (Å²) in [5, 5.41) is 20.2. The van der Waals surface area contributed by atoms with E-state index in [-0.39, 0.29) is 0 Å². The Labute approximate surface area is 167 Å². The highest BCUT2D eigenvalue weighted by atomic mass is 35.5. The fourth-order valence-corrected chi connectivity index (χ4v) is 4.78. The van der Waals surface area contributed by atoms with Gasteiger partial charge in [-0.15, -0.1) is 20.4 Å². The van der Waals surface area contributed by atoms with Crippen LogP contribution in [-0.2, 0) is 6.42 Å². The van der Waals surface area contributed by atoms with Crippen molar-refractivity contribution in [3.63, 3.8) is 0 Å². The summed E-state index contributed by atoms with van der Waals surface area (Å²) >= 11 is 7.65. The van der Waals surface area contributed by atoms with Gasteiger partial charge in [-0.3, -0.25) is 0 Å². The Morgan fingerprint density at radius 3 is 2.52 bits per heavy atom. The molecule has 2 aromatic heterocycles. The molecule has 0 spiro atoms. The molecule has 6 nitrogen and oxygen atoms in total. The van der Waals surface area contributed by atoms with Crippen LogP contribution in [0.3, 0.4) is 0 Å². The molecule has 1 saturated heterocycles. The molecule has 1 aromatic carbocycles. The summed E-state index contributed by atoms with van der Waals surface area (Å²) in [5.41, 5.74) is 1.21. The van der Waals surface area contributed by atoms with Gasteiger partial charge in [-0.25, -0.2) is 0 Å². The molecule has 1 aliphatic heterocycles. The molecule has 3 heterocycles. The van der Waals surface area contributed by atoms with Gasteiger partial charge < -0.3 is 9.47 Å². The minimum atomic E-state index is 0.505. The smallest absolute Gasteiger partial charge is 0.208 e. The summed E-state index contributed by atoms with van der Waals surface area (Å²) < 4.78 is 2.30. The minimum absolute atomic E-state index is 0.505. The van der Waals surface area contributed by atoms with E-state index in [1.54, 1.807) is 11.3 Å². The molecule has 140 valence electrons. The largest absolute Gasteiger partial charge is 0.347 e. The maximum Gasteiger partial charge on any atom is 0.208 e. The number of rotatable bonds is 5. The van der Waals surface area contributed by atoms with Crippen molar-refractivity contribution in [2.24, 2.45) is 0 Å². The van der Waals surface area contributed by atoms with Crippen LogP contribution in [0, 0.1) is 0 Å². The SMILES string of the molecule is Clc1ccc(Cc2nnc(N3CCC(c4nncn4C4CC4)CC3)s2)cc1. The zero-order valence-electron chi connectivity index (χ0n) is 15.0. The summed E-state index contributed by atoms with van der Waals surface area (Å²) in [6.45, 7) is 2.00. The van der Waals surface area contributed by atoms with Gasteiger partial charge in [0.1, 0.15) is 17.2 Å². The molecule has 0 N–H and O–H groups in total. The summed E-state index contributed by atoms with van der Waals surface area (Å²) in [5.74, 6) is 1.68. The first-order valence-electron chi connectivity index (χ1n) is 9.47. The first-order chi connectivity index (χ1) is 13.3. The zero-order chi connectivity index (χ0) is 18.2. The van der Waals surface area contributed by atoms with E-state index in [1.165, 1.54) is 24.2 Å². The first kappa shape index (κ1) is 17.1. The Morgan fingerprint density at radius 2 is 1.78 bits per heavy atom. The van der Waals surface area contributed by atoms with Crippen LogP contribution < -0.4 is 4.90 Å². The lowest BCUT2D eigenvalue weighted by molar-refractivity contribution is 0.464. The molecular formula is C19H21ClN6S. The Kier molecular flexibility index (Phi) is 4.57. The van der Waals surface area contributed by atoms with E-state index in [2.05, 4.69) is 29.9 Å². The number of piperidine rings is 1. The third-order valence-corrected chi connectivity index (χ3v) is 6.63. The first-order valence-corrected chi connectivity index (χ1v) is 10.7. The molecule has 8 heteroatoms. The molecule has 0 atom stereocenters. The fourth-order valence-electron chi connectivity index (χ4n) is 3.73. The van der Waals surface area contributed by atoms with Crippen molar-refractivity contribution in [3.8, 4) is 0 Å². The van der Waals surface area contributed by atoms with Crippen molar-refractivity contribution in [1.29, 1.82) is 0 Å². The number of hydrogen-bond donors (Lipinski definition) is 0. The van der Waals surface area contributed by atoms with Crippen LogP contribution >= 0.6 is 22.9 Å². The molecular weight excluding hydrogens is 380 g/mol. The average molecular weight is 401 g/mol. The molecule has 3 aromatic rings. The Morgan fingerprint density at radius 1 is 1.00 bits per heavy atom. The Hall–Kier alpha value is -1.99. The zero-order valence-corrected chi connectivity index (χ0v) is 16.5. The second-order valence-corrected chi connectivity index (χ2v) is 8.85. The van der Waals surface area contributed by atoms with Crippen molar-refractivity contribution in [2.75, 3.05) is 18.0 Å². The second kappa shape index (κ2) is 7.20. The lowest BCUT2D eigenvalue weighted by Gasteiger charge is -2.31. The summed E-state index contributed by atoms with van der Waals surface area (Å²) in [4.78, 5) is 2.36. The van der Waals surface area contributed by atoms with Gasteiger partial charge in [0.15, 0.2) is 0 Å². The number of benzene rings is 1. The molecule has 2 aliphatic rings. The fraction of sp³-hybridized carbons (Fsp3) is 0.474. The molecule has 1 aliphatic carbocycles. The molecule has 5 rings (SSSR count). The van der Waals surface area contributed by atoms with E-state index in [1.807, 2.05) is 30.6 Å². The van der Waals surface area contributed by atoms with Gasteiger partial charge in [0, 0.05) is 36.5 Å². The minimum Gasteiger partial charge on any atom is -0.347 e. The second-order valence-electron chi connectivity index (χ2n) is 7.37. The van der Waals surface area contributed by atoms with Crippen LogP contribution in [-0.4, -0.2) is 38.1 Å². The highest BCUT2D eigenvalue weighted by Gasteiger charge is 2.31. The summed E-state index contributed by atoms with van der Waals surface area (Å²) in [7, 11) is 0. The average Bonchev–Trinajstić information content (AvgIpc) is 3.24. The van der Waals surface area contributed by atoms with E-state index in [0.717, 1.165) is 47.5 Å². The highest BCUT2D eigenvalue weighted by Crippen LogP contribution is 2.39. The maximum absolute atomic E-state index is 5.96. The third kappa shape index (κ3) is 3.71.